The quantitative estimate of drug-likeness (QED) is 0.769. The first-order chi connectivity index (χ1) is 7.46. The van der Waals surface area contributed by atoms with E-state index < -0.39 is 0 Å². The molecular weight excluding hydrogens is 204 g/mol. The highest BCUT2D eigenvalue weighted by molar-refractivity contribution is 5.42. The van der Waals surface area contributed by atoms with E-state index in [2.05, 4.69) is 35.6 Å². The number of ether oxygens (including phenoxy) is 1. The number of anilines is 2. The maximum absolute atomic E-state index is 5.83. The molecule has 1 saturated heterocycles. The first-order valence-electron chi connectivity index (χ1n) is 5.46. The lowest BCUT2D eigenvalue weighted by Gasteiger charge is -2.42. The Morgan fingerprint density at radius 2 is 2.25 bits per heavy atom. The molecule has 0 aromatic carbocycles. The minimum absolute atomic E-state index is 0.163. The van der Waals surface area contributed by atoms with Gasteiger partial charge in [-0.1, -0.05) is 0 Å². The van der Waals surface area contributed by atoms with Gasteiger partial charge in [-0.15, -0.1) is 0 Å². The van der Waals surface area contributed by atoms with Crippen LogP contribution in [-0.4, -0.2) is 34.8 Å². The second kappa shape index (κ2) is 3.90. The molecule has 0 amide bonds. The lowest BCUT2D eigenvalue weighted by atomic mass is 10.1. The van der Waals surface area contributed by atoms with Crippen molar-refractivity contribution in [2.75, 3.05) is 23.7 Å². The lowest BCUT2D eigenvalue weighted by Crippen LogP contribution is -2.52. The molecule has 2 rings (SSSR count). The van der Waals surface area contributed by atoms with E-state index in [1.165, 1.54) is 0 Å². The first-order valence-corrected chi connectivity index (χ1v) is 5.46. The molecule has 88 valence electrons. The number of hydrogen-bond donors (Lipinski definition) is 1. The Kier molecular flexibility index (Phi) is 2.71. The summed E-state index contributed by atoms with van der Waals surface area (Å²) < 4.78 is 5.83. The van der Waals surface area contributed by atoms with Gasteiger partial charge in [0.15, 0.2) is 0 Å². The third-order valence-corrected chi connectivity index (χ3v) is 2.53. The van der Waals surface area contributed by atoms with Crippen LogP contribution in [0.3, 0.4) is 0 Å². The van der Waals surface area contributed by atoms with Crippen LogP contribution in [0.15, 0.2) is 12.4 Å². The van der Waals surface area contributed by atoms with Crippen LogP contribution in [0, 0.1) is 0 Å². The highest BCUT2D eigenvalue weighted by atomic mass is 16.5. The Morgan fingerprint density at radius 1 is 1.50 bits per heavy atom. The van der Waals surface area contributed by atoms with Gasteiger partial charge in [0.25, 0.3) is 0 Å². The number of nitrogen functional groups attached to an aromatic ring is 1. The summed E-state index contributed by atoms with van der Waals surface area (Å²) in [4.78, 5) is 10.5. The van der Waals surface area contributed by atoms with E-state index >= 15 is 0 Å². The number of aromatic nitrogens is 2. The van der Waals surface area contributed by atoms with Crippen LogP contribution in [0.5, 0.6) is 0 Å². The zero-order valence-electron chi connectivity index (χ0n) is 9.97. The smallest absolute Gasteiger partial charge is 0.149 e. The average Bonchev–Trinajstić information content (AvgIpc) is 2.14. The van der Waals surface area contributed by atoms with Crippen LogP contribution in [0.4, 0.5) is 11.6 Å². The zero-order chi connectivity index (χ0) is 11.8. The van der Waals surface area contributed by atoms with Crippen molar-refractivity contribution in [3.05, 3.63) is 12.4 Å². The van der Waals surface area contributed by atoms with Crippen LogP contribution < -0.4 is 10.6 Å². The highest BCUT2D eigenvalue weighted by Gasteiger charge is 2.31. The SMILES string of the molecule is CC1CN(c2cncc(N)n2)CC(C)(C)O1. The summed E-state index contributed by atoms with van der Waals surface area (Å²) in [5.74, 6) is 1.28. The maximum Gasteiger partial charge on any atom is 0.149 e. The molecule has 1 fully saturated rings. The monoisotopic (exact) mass is 222 g/mol. The molecule has 16 heavy (non-hydrogen) atoms. The summed E-state index contributed by atoms with van der Waals surface area (Å²) in [5, 5.41) is 0. The minimum Gasteiger partial charge on any atom is -0.382 e. The topological polar surface area (TPSA) is 64.3 Å². The highest BCUT2D eigenvalue weighted by Crippen LogP contribution is 2.24. The largest absolute Gasteiger partial charge is 0.382 e. The van der Waals surface area contributed by atoms with E-state index in [-0.39, 0.29) is 11.7 Å². The van der Waals surface area contributed by atoms with Crippen molar-refractivity contribution in [3.8, 4) is 0 Å². The molecule has 1 unspecified atom stereocenters. The Hall–Kier alpha value is -1.36. The molecule has 1 aliphatic heterocycles. The fraction of sp³-hybridized carbons (Fsp3) is 0.636. The molecule has 0 aliphatic carbocycles. The van der Waals surface area contributed by atoms with Gasteiger partial charge in [0.1, 0.15) is 11.6 Å². The van der Waals surface area contributed by atoms with E-state index in [0.29, 0.717) is 5.82 Å². The number of nitrogens with two attached hydrogens (primary N) is 1. The maximum atomic E-state index is 5.83. The van der Waals surface area contributed by atoms with Crippen molar-refractivity contribution < 1.29 is 4.74 Å². The number of hydrogen-bond acceptors (Lipinski definition) is 5. The molecule has 2 heterocycles. The van der Waals surface area contributed by atoms with Crippen molar-refractivity contribution >= 4 is 11.6 Å². The van der Waals surface area contributed by atoms with Gasteiger partial charge in [-0.3, -0.25) is 4.98 Å². The third kappa shape index (κ3) is 2.41. The van der Waals surface area contributed by atoms with E-state index in [9.17, 15) is 0 Å². The van der Waals surface area contributed by atoms with Crippen LogP contribution in [0.2, 0.25) is 0 Å². The summed E-state index contributed by atoms with van der Waals surface area (Å²) in [6.45, 7) is 7.84. The molecule has 0 saturated carbocycles. The molecular formula is C11H18N4O. The number of morpholine rings is 1. The van der Waals surface area contributed by atoms with Crippen molar-refractivity contribution in [1.29, 1.82) is 0 Å². The average molecular weight is 222 g/mol. The van der Waals surface area contributed by atoms with Gasteiger partial charge in [0.2, 0.25) is 0 Å². The summed E-state index contributed by atoms with van der Waals surface area (Å²) in [6.07, 6.45) is 3.48. The summed E-state index contributed by atoms with van der Waals surface area (Å²) in [5.41, 5.74) is 5.47. The lowest BCUT2D eigenvalue weighted by molar-refractivity contribution is -0.0751. The summed E-state index contributed by atoms with van der Waals surface area (Å²) in [6, 6.07) is 0. The van der Waals surface area contributed by atoms with Gasteiger partial charge in [-0.05, 0) is 20.8 Å². The van der Waals surface area contributed by atoms with Gasteiger partial charge in [0, 0.05) is 13.1 Å². The van der Waals surface area contributed by atoms with Crippen molar-refractivity contribution in [1.82, 2.24) is 9.97 Å². The van der Waals surface area contributed by atoms with Gasteiger partial charge >= 0.3 is 0 Å². The van der Waals surface area contributed by atoms with Crippen LogP contribution in [0.25, 0.3) is 0 Å². The molecule has 1 aromatic rings. The van der Waals surface area contributed by atoms with Crippen molar-refractivity contribution in [2.45, 2.75) is 32.5 Å². The normalized spacial score (nSPS) is 24.4. The fourth-order valence-corrected chi connectivity index (χ4v) is 2.15. The molecule has 2 N–H and O–H groups in total. The number of rotatable bonds is 1. The zero-order valence-corrected chi connectivity index (χ0v) is 9.97. The van der Waals surface area contributed by atoms with E-state index in [1.807, 2.05) is 0 Å². The van der Waals surface area contributed by atoms with E-state index in [0.717, 1.165) is 18.9 Å². The Labute approximate surface area is 95.6 Å². The molecule has 1 aliphatic rings. The number of nitrogens with zero attached hydrogens (tertiary/aromatic N) is 3. The van der Waals surface area contributed by atoms with Crippen molar-refractivity contribution in [2.24, 2.45) is 0 Å². The minimum atomic E-state index is -0.163. The van der Waals surface area contributed by atoms with E-state index in [4.69, 9.17) is 10.5 Å². The predicted molar refractivity (Wildman–Crippen MR) is 63.3 cm³/mol. The van der Waals surface area contributed by atoms with Gasteiger partial charge in [0.05, 0.1) is 24.1 Å². The molecule has 1 aromatic heterocycles. The molecule has 0 bridgehead atoms. The van der Waals surface area contributed by atoms with Gasteiger partial charge in [-0.25, -0.2) is 4.98 Å². The van der Waals surface area contributed by atoms with E-state index in [1.54, 1.807) is 12.4 Å². The molecule has 5 heteroatoms. The second-order valence-corrected chi connectivity index (χ2v) is 4.87. The Balaban J connectivity index is 2.21. The summed E-state index contributed by atoms with van der Waals surface area (Å²) in [7, 11) is 0. The van der Waals surface area contributed by atoms with Gasteiger partial charge in [-0.2, -0.15) is 0 Å². The standard InChI is InChI=1S/C11H18N4O/c1-8-6-15(7-11(2,3)16-8)10-5-13-4-9(12)14-10/h4-5,8H,6-7H2,1-3H3,(H2,12,14). The predicted octanol–water partition coefficient (Wildman–Crippen LogP) is 1.06. The Morgan fingerprint density at radius 3 is 2.88 bits per heavy atom. The van der Waals surface area contributed by atoms with Crippen LogP contribution >= 0.6 is 0 Å². The third-order valence-electron chi connectivity index (χ3n) is 2.53. The molecule has 5 nitrogen and oxygen atoms in total. The van der Waals surface area contributed by atoms with Gasteiger partial charge < -0.3 is 15.4 Å². The fourth-order valence-electron chi connectivity index (χ4n) is 2.15. The molecule has 1 atom stereocenters. The van der Waals surface area contributed by atoms with Crippen LogP contribution in [0.1, 0.15) is 20.8 Å². The molecule has 0 spiro atoms. The van der Waals surface area contributed by atoms with Crippen molar-refractivity contribution in [3.63, 3.8) is 0 Å². The first kappa shape index (κ1) is 11.1. The van der Waals surface area contributed by atoms with Crippen LogP contribution in [-0.2, 0) is 4.74 Å². The Bertz CT molecular complexity index is 380. The summed E-state index contributed by atoms with van der Waals surface area (Å²) >= 11 is 0. The second-order valence-electron chi connectivity index (χ2n) is 4.87. The molecule has 0 radical (unpaired) electrons.